The van der Waals surface area contributed by atoms with E-state index in [-0.39, 0.29) is 30.2 Å². The molecule has 0 N–H and O–H groups in total. The van der Waals surface area contributed by atoms with Crippen molar-refractivity contribution in [3.63, 3.8) is 0 Å². The SMILES string of the molecule is CCCCCCCCCCCCCC(=O)[O-].CCCCCCCCCCCCCC(=O)[O-].[Al+2]. The van der Waals surface area contributed by atoms with Crippen molar-refractivity contribution in [1.82, 2.24) is 0 Å². The molecule has 5 heteroatoms. The predicted molar refractivity (Wildman–Crippen MR) is 138 cm³/mol. The van der Waals surface area contributed by atoms with Gasteiger partial charge in [-0.05, 0) is 25.7 Å². The average molecular weight is 482 g/mol. The van der Waals surface area contributed by atoms with Crippen LogP contribution in [0.3, 0.4) is 0 Å². The number of carboxylic acids is 2. The van der Waals surface area contributed by atoms with Crippen LogP contribution in [0.1, 0.15) is 168 Å². The molecule has 0 aromatic heterocycles. The zero-order valence-electron chi connectivity index (χ0n) is 22.2. The molecule has 1 radical (unpaired) electrons. The van der Waals surface area contributed by atoms with Gasteiger partial charge in [0.1, 0.15) is 0 Å². The molecule has 0 aromatic rings. The number of hydrogen-bond acceptors (Lipinski definition) is 4. The van der Waals surface area contributed by atoms with Crippen molar-refractivity contribution in [2.24, 2.45) is 0 Å². The van der Waals surface area contributed by atoms with Crippen molar-refractivity contribution in [3.05, 3.63) is 0 Å². The first-order valence-electron chi connectivity index (χ1n) is 13.9. The Morgan fingerprint density at radius 2 is 0.576 bits per heavy atom. The van der Waals surface area contributed by atoms with Crippen LogP contribution in [-0.4, -0.2) is 29.3 Å². The third kappa shape index (κ3) is 42.1. The number of aliphatic carboxylic acids is 2. The van der Waals surface area contributed by atoms with E-state index in [2.05, 4.69) is 13.8 Å². The first-order chi connectivity index (χ1) is 15.5. The Labute approximate surface area is 216 Å². The third-order valence-corrected chi connectivity index (χ3v) is 5.97. The van der Waals surface area contributed by atoms with E-state index in [1.165, 1.54) is 116 Å². The molecular formula is C28H54AlO4. The molecule has 0 aromatic carbocycles. The normalized spacial score (nSPS) is 10.2. The summed E-state index contributed by atoms with van der Waals surface area (Å²) in [7, 11) is 0. The molecular weight excluding hydrogens is 427 g/mol. The number of unbranched alkanes of at least 4 members (excludes halogenated alkanes) is 20. The summed E-state index contributed by atoms with van der Waals surface area (Å²) >= 11 is 0. The van der Waals surface area contributed by atoms with Crippen molar-refractivity contribution in [2.45, 2.75) is 168 Å². The van der Waals surface area contributed by atoms with E-state index in [9.17, 15) is 19.8 Å². The molecule has 193 valence electrons. The minimum Gasteiger partial charge on any atom is -0.550 e. The minimum absolute atomic E-state index is 0. The van der Waals surface area contributed by atoms with E-state index >= 15 is 0 Å². The van der Waals surface area contributed by atoms with Crippen LogP contribution >= 0.6 is 0 Å². The molecule has 0 saturated heterocycles. The number of carbonyl (C=O) groups excluding carboxylic acids is 2. The van der Waals surface area contributed by atoms with Crippen LogP contribution in [0.15, 0.2) is 0 Å². The molecule has 33 heavy (non-hydrogen) atoms. The number of carboxylic acid groups (broad SMARTS) is 2. The second-order valence-electron chi connectivity index (χ2n) is 9.32. The van der Waals surface area contributed by atoms with Crippen molar-refractivity contribution >= 4 is 29.3 Å². The summed E-state index contributed by atoms with van der Waals surface area (Å²) in [6.45, 7) is 4.49. The van der Waals surface area contributed by atoms with E-state index in [1.54, 1.807) is 0 Å². The quantitative estimate of drug-likeness (QED) is 0.116. The number of carbonyl (C=O) groups is 2. The summed E-state index contributed by atoms with van der Waals surface area (Å²) in [4.78, 5) is 20.3. The van der Waals surface area contributed by atoms with Crippen molar-refractivity contribution in [3.8, 4) is 0 Å². The van der Waals surface area contributed by atoms with Crippen LogP contribution in [-0.2, 0) is 9.59 Å². The molecule has 0 rings (SSSR count). The van der Waals surface area contributed by atoms with Crippen LogP contribution in [0.4, 0.5) is 0 Å². The van der Waals surface area contributed by atoms with Crippen molar-refractivity contribution < 1.29 is 19.8 Å². The Morgan fingerprint density at radius 1 is 0.394 bits per heavy atom. The molecule has 0 spiro atoms. The second kappa shape index (κ2) is 33.6. The van der Waals surface area contributed by atoms with Crippen LogP contribution in [0.25, 0.3) is 0 Å². The Morgan fingerprint density at radius 3 is 0.758 bits per heavy atom. The van der Waals surface area contributed by atoms with Gasteiger partial charge in [-0.25, -0.2) is 0 Å². The molecule has 0 fully saturated rings. The van der Waals surface area contributed by atoms with E-state index < -0.39 is 11.9 Å². The number of hydrogen-bond donors (Lipinski definition) is 0. The largest absolute Gasteiger partial charge is 2.00 e. The Hall–Kier alpha value is -0.528. The topological polar surface area (TPSA) is 80.3 Å². The van der Waals surface area contributed by atoms with Gasteiger partial charge in [0.05, 0.1) is 0 Å². The van der Waals surface area contributed by atoms with Crippen molar-refractivity contribution in [2.75, 3.05) is 0 Å². The summed E-state index contributed by atoms with van der Waals surface area (Å²) in [5.41, 5.74) is 0. The molecule has 0 aliphatic rings. The molecule has 0 amide bonds. The summed E-state index contributed by atoms with van der Waals surface area (Å²) in [5.74, 6) is -1.81. The summed E-state index contributed by atoms with van der Waals surface area (Å²) < 4.78 is 0. The fraction of sp³-hybridized carbons (Fsp3) is 0.929. The average Bonchev–Trinajstić information content (AvgIpc) is 2.76. The first-order valence-corrected chi connectivity index (χ1v) is 13.9. The predicted octanol–water partition coefficient (Wildman–Crippen LogP) is 6.49. The van der Waals surface area contributed by atoms with Gasteiger partial charge >= 0.3 is 17.4 Å². The smallest absolute Gasteiger partial charge is 0.550 e. The Bertz CT molecular complexity index is 352. The monoisotopic (exact) mass is 481 g/mol. The fourth-order valence-corrected chi connectivity index (χ4v) is 3.87. The third-order valence-electron chi connectivity index (χ3n) is 5.97. The first kappa shape index (κ1) is 37.0. The standard InChI is InChI=1S/2C14H28O2.Al/c2*1-2-3-4-5-6-7-8-9-10-11-12-13-14(15)16;/h2*2-13H2,1H3,(H,15,16);/q;;+2/p-2. The second-order valence-corrected chi connectivity index (χ2v) is 9.32. The maximum absolute atomic E-state index is 10.1. The van der Waals surface area contributed by atoms with Crippen LogP contribution in [0.5, 0.6) is 0 Å². The van der Waals surface area contributed by atoms with Gasteiger partial charge in [0, 0.05) is 11.9 Å². The van der Waals surface area contributed by atoms with Crippen LogP contribution in [0.2, 0.25) is 0 Å². The summed E-state index contributed by atoms with van der Waals surface area (Å²) in [6.07, 6.45) is 28.1. The van der Waals surface area contributed by atoms with E-state index in [1.807, 2.05) is 0 Å². The number of rotatable bonds is 24. The van der Waals surface area contributed by atoms with Crippen LogP contribution in [0, 0.1) is 0 Å². The summed E-state index contributed by atoms with van der Waals surface area (Å²) in [5, 5.41) is 20.3. The molecule has 0 aliphatic heterocycles. The maximum Gasteiger partial charge on any atom is 2.00 e. The van der Waals surface area contributed by atoms with Gasteiger partial charge in [-0.15, -0.1) is 0 Å². The summed E-state index contributed by atoms with van der Waals surface area (Å²) in [6, 6.07) is 0. The molecule has 4 nitrogen and oxygen atoms in total. The molecule has 0 unspecified atom stereocenters. The van der Waals surface area contributed by atoms with Gasteiger partial charge in [-0.1, -0.05) is 142 Å². The van der Waals surface area contributed by atoms with Gasteiger partial charge in [0.2, 0.25) is 0 Å². The van der Waals surface area contributed by atoms with Crippen molar-refractivity contribution in [1.29, 1.82) is 0 Å². The zero-order chi connectivity index (χ0) is 24.1. The van der Waals surface area contributed by atoms with Gasteiger partial charge < -0.3 is 19.8 Å². The van der Waals surface area contributed by atoms with Gasteiger partial charge in [-0.3, -0.25) is 0 Å². The van der Waals surface area contributed by atoms with Crippen LogP contribution < -0.4 is 10.2 Å². The molecule has 0 atom stereocenters. The minimum atomic E-state index is -0.907. The molecule has 0 bridgehead atoms. The van der Waals surface area contributed by atoms with E-state index in [0.717, 1.165) is 25.7 Å². The zero-order valence-corrected chi connectivity index (χ0v) is 23.3. The Kier molecular flexibility index (Phi) is 37.8. The molecule has 0 aliphatic carbocycles. The van der Waals surface area contributed by atoms with E-state index in [4.69, 9.17) is 0 Å². The molecule has 0 saturated carbocycles. The van der Waals surface area contributed by atoms with E-state index in [0.29, 0.717) is 0 Å². The molecule has 0 heterocycles. The maximum atomic E-state index is 10.1. The fourth-order valence-electron chi connectivity index (χ4n) is 3.87. The van der Waals surface area contributed by atoms with Gasteiger partial charge in [-0.2, -0.15) is 0 Å². The van der Waals surface area contributed by atoms with Gasteiger partial charge in [0.25, 0.3) is 0 Å². The van der Waals surface area contributed by atoms with Gasteiger partial charge in [0.15, 0.2) is 0 Å². The Balaban J connectivity index is -0.000000529.